The molecule has 5 nitrogen and oxygen atoms in total. The van der Waals surface area contributed by atoms with Crippen LogP contribution in [0.15, 0.2) is 58.3 Å². The van der Waals surface area contributed by atoms with E-state index in [4.69, 9.17) is 0 Å². The molecule has 146 valence electrons. The van der Waals surface area contributed by atoms with Gasteiger partial charge in [-0.2, -0.15) is 0 Å². The Kier molecular flexibility index (Phi) is 8.21. The monoisotopic (exact) mass is 414 g/mol. The lowest BCUT2D eigenvalue weighted by Gasteiger charge is -2.08. The molecular weight excluding hydrogens is 394 g/mol. The Hall–Kier alpha value is -1.97. The Bertz CT molecular complexity index is 862. The van der Waals surface area contributed by atoms with E-state index in [2.05, 4.69) is 10.0 Å². The Morgan fingerprint density at radius 3 is 2.48 bits per heavy atom. The summed E-state index contributed by atoms with van der Waals surface area (Å²) in [6.07, 6.45) is 0.407. The number of rotatable bonds is 10. The predicted octanol–water partition coefficient (Wildman–Crippen LogP) is 2.93. The summed E-state index contributed by atoms with van der Waals surface area (Å²) in [6.45, 7) is 0.482. The van der Waals surface area contributed by atoms with Gasteiger partial charge in [0.25, 0.3) is 0 Å². The molecule has 0 bridgehead atoms. The summed E-state index contributed by atoms with van der Waals surface area (Å²) < 4.78 is 52.6. The van der Waals surface area contributed by atoms with E-state index in [1.807, 2.05) is 30.3 Å². The molecule has 1 amide bonds. The van der Waals surface area contributed by atoms with E-state index in [0.717, 1.165) is 22.8 Å². The normalized spacial score (nSPS) is 11.3. The van der Waals surface area contributed by atoms with Gasteiger partial charge in [0.2, 0.25) is 15.9 Å². The van der Waals surface area contributed by atoms with Crippen LogP contribution >= 0.6 is 11.8 Å². The molecule has 0 saturated carbocycles. The van der Waals surface area contributed by atoms with E-state index in [1.165, 1.54) is 0 Å². The number of amides is 1. The van der Waals surface area contributed by atoms with Crippen molar-refractivity contribution >= 4 is 27.7 Å². The Balaban J connectivity index is 1.64. The van der Waals surface area contributed by atoms with E-state index < -0.39 is 26.6 Å². The third kappa shape index (κ3) is 7.28. The van der Waals surface area contributed by atoms with E-state index in [9.17, 15) is 22.0 Å². The molecule has 27 heavy (non-hydrogen) atoms. The zero-order chi connectivity index (χ0) is 19.7. The highest BCUT2D eigenvalue weighted by molar-refractivity contribution is 7.99. The molecule has 0 heterocycles. The molecule has 0 fully saturated rings. The van der Waals surface area contributed by atoms with Crippen LogP contribution in [0.1, 0.15) is 12.8 Å². The first kappa shape index (κ1) is 21.3. The quantitative estimate of drug-likeness (QED) is 0.463. The second kappa shape index (κ2) is 10.4. The van der Waals surface area contributed by atoms with E-state index >= 15 is 0 Å². The van der Waals surface area contributed by atoms with Crippen molar-refractivity contribution < 1.29 is 22.0 Å². The minimum atomic E-state index is -4.08. The van der Waals surface area contributed by atoms with Crippen LogP contribution in [-0.4, -0.2) is 33.2 Å². The van der Waals surface area contributed by atoms with E-state index in [-0.39, 0.29) is 25.3 Å². The molecule has 0 unspecified atom stereocenters. The average molecular weight is 414 g/mol. The van der Waals surface area contributed by atoms with Gasteiger partial charge in [-0.3, -0.25) is 4.79 Å². The van der Waals surface area contributed by atoms with Crippen molar-refractivity contribution in [1.82, 2.24) is 10.0 Å². The summed E-state index contributed by atoms with van der Waals surface area (Å²) in [5, 5.41) is 2.76. The molecule has 0 aliphatic heterocycles. The van der Waals surface area contributed by atoms with Gasteiger partial charge < -0.3 is 5.32 Å². The number of carbonyl (C=O) groups excluding carboxylic acids is 1. The van der Waals surface area contributed by atoms with Gasteiger partial charge in [-0.05, 0) is 30.7 Å². The molecule has 0 radical (unpaired) electrons. The fraction of sp³-hybridized carbons (Fsp3) is 0.278. The van der Waals surface area contributed by atoms with Crippen molar-refractivity contribution in [3.05, 3.63) is 60.2 Å². The Labute approximate surface area is 161 Å². The topological polar surface area (TPSA) is 75.3 Å². The van der Waals surface area contributed by atoms with Gasteiger partial charge in [0.05, 0.1) is 0 Å². The summed E-state index contributed by atoms with van der Waals surface area (Å²) in [5.41, 5.74) is 0. The number of hydrogen-bond donors (Lipinski definition) is 2. The molecule has 0 saturated heterocycles. The maximum absolute atomic E-state index is 13.6. The van der Waals surface area contributed by atoms with Crippen LogP contribution < -0.4 is 10.0 Å². The Morgan fingerprint density at radius 2 is 1.78 bits per heavy atom. The van der Waals surface area contributed by atoms with Gasteiger partial charge in [-0.15, -0.1) is 11.8 Å². The van der Waals surface area contributed by atoms with Crippen LogP contribution in [0.5, 0.6) is 0 Å². The number of carbonyl (C=O) groups is 1. The summed E-state index contributed by atoms with van der Waals surface area (Å²) in [6, 6.07) is 12.0. The van der Waals surface area contributed by atoms with Gasteiger partial charge in [-0.1, -0.05) is 18.2 Å². The molecule has 2 aromatic rings. The maximum Gasteiger partial charge on any atom is 0.243 e. The van der Waals surface area contributed by atoms with Gasteiger partial charge >= 0.3 is 0 Å². The number of thioether (sulfide) groups is 1. The van der Waals surface area contributed by atoms with Crippen molar-refractivity contribution in [2.45, 2.75) is 22.6 Å². The number of nitrogens with one attached hydrogen (secondary N) is 2. The van der Waals surface area contributed by atoms with Crippen molar-refractivity contribution in [2.24, 2.45) is 0 Å². The van der Waals surface area contributed by atoms with Gasteiger partial charge in [-0.25, -0.2) is 21.9 Å². The highest BCUT2D eigenvalue weighted by atomic mass is 32.2. The summed E-state index contributed by atoms with van der Waals surface area (Å²) in [4.78, 5) is 12.2. The fourth-order valence-corrected chi connectivity index (χ4v) is 4.11. The smallest absolute Gasteiger partial charge is 0.243 e. The summed E-state index contributed by atoms with van der Waals surface area (Å²) in [7, 11) is -4.08. The second-order valence-corrected chi connectivity index (χ2v) is 8.49. The zero-order valence-corrected chi connectivity index (χ0v) is 16.1. The molecule has 9 heteroatoms. The number of halogens is 2. The van der Waals surface area contributed by atoms with E-state index in [0.29, 0.717) is 12.6 Å². The van der Waals surface area contributed by atoms with E-state index in [1.54, 1.807) is 11.8 Å². The number of hydrogen-bond acceptors (Lipinski definition) is 4. The molecule has 0 spiro atoms. The fourth-order valence-electron chi connectivity index (χ4n) is 2.19. The molecule has 2 N–H and O–H groups in total. The summed E-state index contributed by atoms with van der Waals surface area (Å²) >= 11 is 1.63. The average Bonchev–Trinajstić information content (AvgIpc) is 2.63. The third-order valence-corrected chi connectivity index (χ3v) is 6.00. The molecule has 2 aromatic carbocycles. The van der Waals surface area contributed by atoms with Crippen molar-refractivity contribution in [3.63, 3.8) is 0 Å². The summed E-state index contributed by atoms with van der Waals surface area (Å²) in [5.74, 6) is -1.47. The Morgan fingerprint density at radius 1 is 1.04 bits per heavy atom. The van der Waals surface area contributed by atoms with Crippen LogP contribution in [0.4, 0.5) is 8.78 Å². The predicted molar refractivity (Wildman–Crippen MR) is 101 cm³/mol. The SMILES string of the molecule is O=C(CCCNS(=O)(=O)c1ccc(F)cc1F)NCCSc1ccccc1. The van der Waals surface area contributed by atoms with Crippen molar-refractivity contribution in [2.75, 3.05) is 18.8 Å². The first-order valence-electron chi connectivity index (χ1n) is 8.28. The molecule has 0 atom stereocenters. The largest absolute Gasteiger partial charge is 0.355 e. The maximum atomic E-state index is 13.6. The minimum Gasteiger partial charge on any atom is -0.355 e. The minimum absolute atomic E-state index is 0.0225. The molecule has 0 aliphatic rings. The highest BCUT2D eigenvalue weighted by Crippen LogP contribution is 2.16. The molecular formula is C18H20F2N2O3S2. The first-order chi connectivity index (χ1) is 12.9. The first-order valence-corrected chi connectivity index (χ1v) is 10.7. The highest BCUT2D eigenvalue weighted by Gasteiger charge is 2.19. The standard InChI is InChI=1S/C18H20F2N2O3S2/c19-14-8-9-17(16(20)13-14)27(24,25)22-10-4-7-18(23)21-11-12-26-15-5-2-1-3-6-15/h1-3,5-6,8-9,13,22H,4,7,10-12H2,(H,21,23). The lowest BCUT2D eigenvalue weighted by atomic mass is 10.3. The third-order valence-electron chi connectivity index (χ3n) is 3.49. The van der Waals surface area contributed by atoms with Gasteiger partial charge in [0.1, 0.15) is 16.5 Å². The van der Waals surface area contributed by atoms with Gasteiger partial charge in [0.15, 0.2) is 0 Å². The lowest BCUT2D eigenvalue weighted by molar-refractivity contribution is -0.121. The number of benzene rings is 2. The van der Waals surface area contributed by atoms with Crippen LogP contribution in [0, 0.1) is 11.6 Å². The molecule has 0 aliphatic carbocycles. The van der Waals surface area contributed by atoms with Crippen LogP contribution in [0.3, 0.4) is 0 Å². The van der Waals surface area contributed by atoms with Gasteiger partial charge in [0, 0.05) is 36.2 Å². The van der Waals surface area contributed by atoms with Crippen molar-refractivity contribution in [1.29, 1.82) is 0 Å². The lowest BCUT2D eigenvalue weighted by Crippen LogP contribution is -2.29. The molecule has 0 aromatic heterocycles. The zero-order valence-electron chi connectivity index (χ0n) is 14.5. The molecule has 2 rings (SSSR count). The van der Waals surface area contributed by atoms with Crippen LogP contribution in [0.25, 0.3) is 0 Å². The van der Waals surface area contributed by atoms with Crippen LogP contribution in [0.2, 0.25) is 0 Å². The van der Waals surface area contributed by atoms with Crippen molar-refractivity contribution in [3.8, 4) is 0 Å². The number of sulfonamides is 1. The van der Waals surface area contributed by atoms with Crippen LogP contribution in [-0.2, 0) is 14.8 Å². The second-order valence-electron chi connectivity index (χ2n) is 5.59.